The monoisotopic (exact) mass is 519 g/mol. The molecule has 2 aromatic heterocycles. The highest BCUT2D eigenvalue weighted by molar-refractivity contribution is 6.00. The minimum atomic E-state index is -1.31. The van der Waals surface area contributed by atoms with Crippen LogP contribution < -0.4 is 5.32 Å². The van der Waals surface area contributed by atoms with E-state index in [4.69, 9.17) is 14.8 Å². The van der Waals surface area contributed by atoms with Gasteiger partial charge in [-0.15, -0.1) is 0 Å². The zero-order valence-corrected chi connectivity index (χ0v) is 21.4. The van der Waals surface area contributed by atoms with Crippen molar-refractivity contribution in [2.75, 3.05) is 26.9 Å². The maximum Gasteiger partial charge on any atom is 0.405 e. The van der Waals surface area contributed by atoms with Crippen LogP contribution in [0, 0.1) is 0 Å². The Balaban J connectivity index is 1.39. The van der Waals surface area contributed by atoms with E-state index in [1.165, 1.54) is 4.90 Å². The molecule has 2 aromatic carbocycles. The number of carboxylic acid groups (broad SMARTS) is 1. The van der Waals surface area contributed by atoms with Crippen LogP contribution in [0.1, 0.15) is 28.8 Å². The molecule has 3 heterocycles. The Hall–Kier alpha value is -3.92. The van der Waals surface area contributed by atoms with Crippen molar-refractivity contribution < 1.29 is 23.8 Å². The summed E-state index contributed by atoms with van der Waals surface area (Å²) in [7, 11) is 3.76. The van der Waals surface area contributed by atoms with Crippen molar-refractivity contribution in [1.82, 2.24) is 24.3 Å². The van der Waals surface area contributed by atoms with Crippen LogP contribution in [-0.4, -0.2) is 74.6 Å². The van der Waals surface area contributed by atoms with E-state index < -0.39 is 18.8 Å². The second-order valence-electron chi connectivity index (χ2n) is 10.4. The number of imidazole rings is 1. The number of benzene rings is 2. The van der Waals surface area contributed by atoms with Crippen molar-refractivity contribution in [3.8, 4) is 11.5 Å². The van der Waals surface area contributed by atoms with Crippen molar-refractivity contribution in [1.29, 1.82) is 0 Å². The molecule has 1 atom stereocenters. The fourth-order valence-corrected chi connectivity index (χ4v) is 5.61. The fourth-order valence-electron chi connectivity index (χ4n) is 5.61. The van der Waals surface area contributed by atoms with E-state index in [0.29, 0.717) is 24.0 Å². The third-order valence-electron chi connectivity index (χ3n) is 7.96. The number of methoxy groups -OCH3 is 1. The van der Waals surface area contributed by atoms with Crippen molar-refractivity contribution in [3.05, 3.63) is 53.6 Å². The number of alkyl halides is 1. The topological polar surface area (TPSA) is 102 Å². The average molecular weight is 520 g/mol. The first-order valence-electron chi connectivity index (χ1n) is 12.8. The Morgan fingerprint density at radius 1 is 1.24 bits per heavy atom. The standard InChI is InChI=1S/C28H30FN5O4/c1-32-23-11-17-7-10-33(15-19(14-29)30-27(36)37)26(35)20(17)13-21(23)31-25(32)24-12-18-5-3-4-6-22(18)34(24)16-28(38-2)8-9-28/h3-6,11-13,19,30H,7-10,14-16H2,1-2H3,(H,36,37). The minimum absolute atomic E-state index is 0.0199. The molecular formula is C28H30FN5O4. The highest BCUT2D eigenvalue weighted by Gasteiger charge is 2.44. The van der Waals surface area contributed by atoms with E-state index in [1.54, 1.807) is 7.11 Å². The van der Waals surface area contributed by atoms with Crippen LogP contribution in [0.2, 0.25) is 0 Å². The lowest BCUT2D eigenvalue weighted by Crippen LogP contribution is -2.48. The molecule has 9 nitrogen and oxygen atoms in total. The maximum absolute atomic E-state index is 13.4. The number of rotatable bonds is 8. The summed E-state index contributed by atoms with van der Waals surface area (Å²) in [6.07, 6.45) is 1.33. The van der Waals surface area contributed by atoms with Crippen molar-refractivity contribution in [2.45, 2.75) is 37.5 Å². The van der Waals surface area contributed by atoms with Gasteiger partial charge in [-0.2, -0.15) is 0 Å². The van der Waals surface area contributed by atoms with Crippen LogP contribution in [0.15, 0.2) is 42.5 Å². The second-order valence-corrected chi connectivity index (χ2v) is 10.4. The average Bonchev–Trinajstić information content (AvgIpc) is 3.51. The summed E-state index contributed by atoms with van der Waals surface area (Å²) in [5, 5.41) is 12.2. The first kappa shape index (κ1) is 24.4. The number of fused-ring (bicyclic) bond motifs is 3. The highest BCUT2D eigenvalue weighted by Crippen LogP contribution is 2.43. The van der Waals surface area contributed by atoms with Gasteiger partial charge in [-0.05, 0) is 49.1 Å². The molecule has 0 bridgehead atoms. The molecule has 6 rings (SSSR count). The number of aryl methyl sites for hydroxylation is 1. The van der Waals surface area contributed by atoms with Gasteiger partial charge in [0.25, 0.3) is 5.91 Å². The molecular weight excluding hydrogens is 489 g/mol. The summed E-state index contributed by atoms with van der Waals surface area (Å²) >= 11 is 0. The molecule has 0 saturated heterocycles. The van der Waals surface area contributed by atoms with E-state index in [-0.39, 0.29) is 18.1 Å². The summed E-state index contributed by atoms with van der Waals surface area (Å²) in [6, 6.07) is 13.3. The molecule has 4 aromatic rings. The molecule has 198 valence electrons. The van der Waals surface area contributed by atoms with E-state index in [1.807, 2.05) is 31.3 Å². The van der Waals surface area contributed by atoms with E-state index in [9.17, 15) is 14.0 Å². The third kappa shape index (κ3) is 4.09. The third-order valence-corrected chi connectivity index (χ3v) is 7.96. The van der Waals surface area contributed by atoms with Gasteiger partial charge in [-0.1, -0.05) is 18.2 Å². The van der Waals surface area contributed by atoms with Gasteiger partial charge in [-0.25, -0.2) is 14.2 Å². The number of carbonyl (C=O) groups excluding carboxylic acids is 1. The van der Waals surface area contributed by atoms with Gasteiger partial charge in [0.2, 0.25) is 0 Å². The number of nitrogens with one attached hydrogen (secondary N) is 1. The van der Waals surface area contributed by atoms with Gasteiger partial charge in [0.05, 0.1) is 34.9 Å². The predicted octanol–water partition coefficient (Wildman–Crippen LogP) is 3.98. The van der Waals surface area contributed by atoms with Crippen molar-refractivity contribution >= 4 is 33.9 Å². The van der Waals surface area contributed by atoms with Crippen LogP contribution in [-0.2, 0) is 24.8 Å². The van der Waals surface area contributed by atoms with Crippen LogP contribution in [0.25, 0.3) is 33.5 Å². The van der Waals surface area contributed by atoms with Gasteiger partial charge in [0, 0.05) is 43.7 Å². The Kier molecular flexibility index (Phi) is 5.86. The summed E-state index contributed by atoms with van der Waals surface area (Å²) < 4.78 is 23.6. The number of carbonyl (C=O) groups is 2. The first-order valence-corrected chi connectivity index (χ1v) is 12.8. The quantitative estimate of drug-likeness (QED) is 0.367. The van der Waals surface area contributed by atoms with Gasteiger partial charge >= 0.3 is 6.09 Å². The molecule has 10 heteroatoms. The largest absolute Gasteiger partial charge is 0.465 e. The first-order chi connectivity index (χ1) is 18.3. The number of hydrogen-bond acceptors (Lipinski definition) is 4. The summed E-state index contributed by atoms with van der Waals surface area (Å²) in [5.74, 6) is 0.564. The molecule has 1 saturated carbocycles. The number of aromatic nitrogens is 3. The number of halogens is 1. The van der Waals surface area contributed by atoms with Crippen LogP contribution in [0.3, 0.4) is 0 Å². The maximum atomic E-state index is 13.4. The predicted molar refractivity (Wildman–Crippen MR) is 141 cm³/mol. The van der Waals surface area contributed by atoms with Gasteiger partial charge < -0.3 is 29.2 Å². The molecule has 2 amide bonds. The second kappa shape index (κ2) is 9.13. The Labute approximate surface area is 218 Å². The van der Waals surface area contributed by atoms with Gasteiger partial charge in [0.15, 0.2) is 5.82 Å². The lowest BCUT2D eigenvalue weighted by atomic mass is 9.97. The van der Waals surface area contributed by atoms with Crippen LogP contribution in [0.5, 0.6) is 0 Å². The molecule has 0 radical (unpaired) electrons. The SMILES string of the molecule is COC1(Cn2c(-c3nc4cc5c(cc4n3C)CCN(CC(CF)NC(=O)O)C5=O)cc3ccccc32)CC1. The Bertz CT molecular complexity index is 1570. The number of amides is 2. The molecule has 1 aliphatic heterocycles. The molecule has 2 aliphatic rings. The Morgan fingerprint density at radius 3 is 2.74 bits per heavy atom. The minimum Gasteiger partial charge on any atom is -0.465 e. The van der Waals surface area contributed by atoms with Crippen LogP contribution >= 0.6 is 0 Å². The number of hydrogen-bond donors (Lipinski definition) is 2. The highest BCUT2D eigenvalue weighted by atomic mass is 19.1. The molecule has 0 spiro atoms. The molecule has 1 aliphatic carbocycles. The number of para-hydroxylation sites is 1. The van der Waals surface area contributed by atoms with E-state index >= 15 is 0 Å². The fraction of sp³-hybridized carbons (Fsp3) is 0.393. The van der Waals surface area contributed by atoms with Gasteiger partial charge in [-0.3, -0.25) is 4.79 Å². The number of nitrogens with zero attached hydrogens (tertiary/aromatic N) is 4. The van der Waals surface area contributed by atoms with Gasteiger partial charge in [0.1, 0.15) is 6.67 Å². The van der Waals surface area contributed by atoms with Crippen LogP contribution in [0.4, 0.5) is 9.18 Å². The number of ether oxygens (including phenoxy) is 1. The van der Waals surface area contributed by atoms with Crippen molar-refractivity contribution in [2.24, 2.45) is 7.05 Å². The molecule has 1 fully saturated rings. The summed E-state index contributed by atoms with van der Waals surface area (Å²) in [5.41, 5.74) is 5.03. The lowest BCUT2D eigenvalue weighted by molar-refractivity contribution is 0.0665. The van der Waals surface area contributed by atoms with E-state index in [0.717, 1.165) is 52.9 Å². The lowest BCUT2D eigenvalue weighted by Gasteiger charge is -2.31. The molecule has 1 unspecified atom stereocenters. The summed E-state index contributed by atoms with van der Waals surface area (Å²) in [4.78, 5) is 30.8. The smallest absolute Gasteiger partial charge is 0.405 e. The zero-order valence-electron chi connectivity index (χ0n) is 21.4. The van der Waals surface area contributed by atoms with E-state index in [2.05, 4.69) is 32.7 Å². The summed E-state index contributed by atoms with van der Waals surface area (Å²) in [6.45, 7) is 0.227. The van der Waals surface area contributed by atoms with Crippen molar-refractivity contribution in [3.63, 3.8) is 0 Å². The zero-order chi connectivity index (χ0) is 26.6. The molecule has 2 N–H and O–H groups in total. The Morgan fingerprint density at radius 2 is 2.03 bits per heavy atom. The molecule has 38 heavy (non-hydrogen) atoms. The normalized spacial score (nSPS) is 17.1.